The van der Waals surface area contributed by atoms with Gasteiger partial charge in [-0.25, -0.2) is 9.37 Å². The Morgan fingerprint density at radius 1 is 1.20 bits per heavy atom. The Morgan fingerprint density at radius 2 is 2.05 bits per heavy atom. The summed E-state index contributed by atoms with van der Waals surface area (Å²) in [5, 5.41) is 10.1. The molecule has 0 unspecified atom stereocenters. The standard InChI is InChI=1S/C15H12ClFN2O/c16-11-3-1-2-10(6-11)8-19-14-5-4-12(17)7-13(14)18-15(19)9-20/h1-7,20H,8-9H2. The molecule has 0 saturated heterocycles. The molecule has 0 aliphatic rings. The van der Waals surface area contributed by atoms with Crippen molar-refractivity contribution in [3.05, 3.63) is 64.7 Å². The number of hydrogen-bond acceptors (Lipinski definition) is 2. The van der Waals surface area contributed by atoms with Gasteiger partial charge in [-0.15, -0.1) is 0 Å². The lowest BCUT2D eigenvalue weighted by molar-refractivity contribution is 0.267. The molecule has 0 radical (unpaired) electrons. The van der Waals surface area contributed by atoms with E-state index in [9.17, 15) is 9.50 Å². The number of nitrogens with zero attached hydrogens (tertiary/aromatic N) is 2. The van der Waals surface area contributed by atoms with E-state index in [2.05, 4.69) is 4.98 Å². The van der Waals surface area contributed by atoms with Crippen LogP contribution in [0.25, 0.3) is 11.0 Å². The molecule has 20 heavy (non-hydrogen) atoms. The molecule has 0 aliphatic carbocycles. The highest BCUT2D eigenvalue weighted by molar-refractivity contribution is 6.30. The first-order chi connectivity index (χ1) is 9.67. The summed E-state index contributed by atoms with van der Waals surface area (Å²) in [6.45, 7) is 0.329. The van der Waals surface area contributed by atoms with Crippen LogP contribution < -0.4 is 0 Å². The van der Waals surface area contributed by atoms with Crippen LogP contribution in [0.2, 0.25) is 5.02 Å². The first-order valence-electron chi connectivity index (χ1n) is 6.17. The molecule has 3 rings (SSSR count). The summed E-state index contributed by atoms with van der Waals surface area (Å²) >= 11 is 5.97. The molecular weight excluding hydrogens is 279 g/mol. The molecule has 2 aromatic carbocycles. The van der Waals surface area contributed by atoms with Crippen molar-refractivity contribution in [2.24, 2.45) is 0 Å². The Labute approximate surface area is 120 Å². The minimum absolute atomic E-state index is 0.198. The predicted molar refractivity (Wildman–Crippen MR) is 76.2 cm³/mol. The van der Waals surface area contributed by atoms with Gasteiger partial charge in [0.1, 0.15) is 18.2 Å². The van der Waals surface area contributed by atoms with Gasteiger partial charge in [0.2, 0.25) is 0 Å². The van der Waals surface area contributed by atoms with Gasteiger partial charge in [0.05, 0.1) is 11.0 Å². The molecule has 0 atom stereocenters. The molecule has 3 nitrogen and oxygen atoms in total. The van der Waals surface area contributed by atoms with Crippen LogP contribution in [0.3, 0.4) is 0 Å². The molecule has 102 valence electrons. The van der Waals surface area contributed by atoms with Gasteiger partial charge in [0, 0.05) is 17.6 Å². The van der Waals surface area contributed by atoms with E-state index in [1.165, 1.54) is 12.1 Å². The molecule has 1 N–H and O–H groups in total. The third kappa shape index (κ3) is 2.40. The Balaban J connectivity index is 2.10. The Hall–Kier alpha value is -1.91. The molecule has 0 aliphatic heterocycles. The van der Waals surface area contributed by atoms with E-state index < -0.39 is 0 Å². The Bertz CT molecular complexity index is 770. The molecule has 5 heteroatoms. The number of imidazole rings is 1. The lowest BCUT2D eigenvalue weighted by Crippen LogP contribution is -2.05. The van der Waals surface area contributed by atoms with Crippen molar-refractivity contribution in [1.82, 2.24) is 9.55 Å². The van der Waals surface area contributed by atoms with Crippen molar-refractivity contribution in [2.75, 3.05) is 0 Å². The lowest BCUT2D eigenvalue weighted by atomic mass is 10.2. The average molecular weight is 291 g/mol. The summed E-state index contributed by atoms with van der Waals surface area (Å²) < 4.78 is 15.1. The largest absolute Gasteiger partial charge is 0.388 e. The fourth-order valence-corrected chi connectivity index (χ4v) is 2.48. The maximum atomic E-state index is 13.2. The summed E-state index contributed by atoms with van der Waals surface area (Å²) in [7, 11) is 0. The molecule has 1 heterocycles. The van der Waals surface area contributed by atoms with E-state index >= 15 is 0 Å². The monoisotopic (exact) mass is 290 g/mol. The van der Waals surface area contributed by atoms with Gasteiger partial charge in [-0.1, -0.05) is 23.7 Å². The third-order valence-electron chi connectivity index (χ3n) is 3.16. The lowest BCUT2D eigenvalue weighted by Gasteiger charge is -2.08. The summed E-state index contributed by atoms with van der Waals surface area (Å²) in [4.78, 5) is 4.25. The molecule has 3 aromatic rings. The Kier molecular flexibility index (Phi) is 3.42. The minimum atomic E-state index is -0.339. The van der Waals surface area contributed by atoms with Crippen LogP contribution in [0.15, 0.2) is 42.5 Å². The van der Waals surface area contributed by atoms with Crippen LogP contribution in [-0.2, 0) is 13.2 Å². The topological polar surface area (TPSA) is 38.1 Å². The summed E-state index contributed by atoms with van der Waals surface area (Å²) in [5.41, 5.74) is 2.32. The number of benzene rings is 2. The first kappa shape index (κ1) is 13.1. The van der Waals surface area contributed by atoms with Gasteiger partial charge < -0.3 is 9.67 Å². The number of hydrogen-bond donors (Lipinski definition) is 1. The zero-order valence-electron chi connectivity index (χ0n) is 10.6. The molecule has 1 aromatic heterocycles. The number of fused-ring (bicyclic) bond motifs is 1. The zero-order valence-corrected chi connectivity index (χ0v) is 11.3. The van der Waals surface area contributed by atoms with E-state index in [4.69, 9.17) is 11.6 Å². The van der Waals surface area contributed by atoms with Crippen LogP contribution in [0.5, 0.6) is 0 Å². The Morgan fingerprint density at radius 3 is 2.80 bits per heavy atom. The SMILES string of the molecule is OCc1nc2cc(F)ccc2n1Cc1cccc(Cl)c1. The van der Waals surface area contributed by atoms with Crippen molar-refractivity contribution < 1.29 is 9.50 Å². The normalized spacial score (nSPS) is 11.2. The zero-order chi connectivity index (χ0) is 14.1. The van der Waals surface area contributed by atoms with Gasteiger partial charge in [-0.3, -0.25) is 0 Å². The fourth-order valence-electron chi connectivity index (χ4n) is 2.27. The second kappa shape index (κ2) is 5.23. The highest BCUT2D eigenvalue weighted by Gasteiger charge is 2.11. The molecule has 0 saturated carbocycles. The van der Waals surface area contributed by atoms with Crippen molar-refractivity contribution in [3.8, 4) is 0 Å². The minimum Gasteiger partial charge on any atom is -0.388 e. The highest BCUT2D eigenvalue weighted by Crippen LogP contribution is 2.20. The van der Waals surface area contributed by atoms with Crippen molar-refractivity contribution in [2.45, 2.75) is 13.2 Å². The molecule has 0 amide bonds. The van der Waals surface area contributed by atoms with E-state index in [0.717, 1.165) is 11.1 Å². The molecular formula is C15H12ClFN2O. The van der Waals surface area contributed by atoms with E-state index in [-0.39, 0.29) is 12.4 Å². The smallest absolute Gasteiger partial charge is 0.136 e. The van der Waals surface area contributed by atoms with E-state index in [1.807, 2.05) is 22.8 Å². The average Bonchev–Trinajstić information content (AvgIpc) is 2.76. The summed E-state index contributed by atoms with van der Waals surface area (Å²) in [5.74, 6) is 0.167. The second-order valence-corrected chi connectivity index (χ2v) is 4.97. The number of rotatable bonds is 3. The number of aliphatic hydroxyl groups excluding tert-OH is 1. The second-order valence-electron chi connectivity index (χ2n) is 4.54. The van der Waals surface area contributed by atoms with Crippen LogP contribution >= 0.6 is 11.6 Å². The van der Waals surface area contributed by atoms with Gasteiger partial charge in [0.25, 0.3) is 0 Å². The van der Waals surface area contributed by atoms with Crippen molar-refractivity contribution >= 4 is 22.6 Å². The molecule has 0 bridgehead atoms. The molecule has 0 fully saturated rings. The maximum absolute atomic E-state index is 13.2. The number of aromatic nitrogens is 2. The molecule has 0 spiro atoms. The van der Waals surface area contributed by atoms with Gasteiger partial charge in [0.15, 0.2) is 0 Å². The van der Waals surface area contributed by atoms with Gasteiger partial charge in [-0.05, 0) is 29.8 Å². The number of halogens is 2. The number of aliphatic hydroxyl groups is 1. The van der Waals surface area contributed by atoms with Crippen molar-refractivity contribution in [3.63, 3.8) is 0 Å². The van der Waals surface area contributed by atoms with Gasteiger partial charge in [-0.2, -0.15) is 0 Å². The fraction of sp³-hybridized carbons (Fsp3) is 0.133. The van der Waals surface area contributed by atoms with Crippen molar-refractivity contribution in [1.29, 1.82) is 0 Å². The third-order valence-corrected chi connectivity index (χ3v) is 3.40. The van der Waals surface area contributed by atoms with E-state index in [0.29, 0.717) is 22.9 Å². The van der Waals surface area contributed by atoms with Crippen LogP contribution in [0, 0.1) is 5.82 Å². The summed E-state index contributed by atoms with van der Waals surface area (Å²) in [6.07, 6.45) is 0. The van der Waals surface area contributed by atoms with Gasteiger partial charge >= 0.3 is 0 Å². The van der Waals surface area contributed by atoms with E-state index in [1.54, 1.807) is 12.1 Å². The quantitative estimate of drug-likeness (QED) is 0.803. The maximum Gasteiger partial charge on any atom is 0.136 e. The van der Waals surface area contributed by atoms with Crippen LogP contribution in [0.4, 0.5) is 4.39 Å². The van der Waals surface area contributed by atoms with Crippen LogP contribution in [-0.4, -0.2) is 14.7 Å². The highest BCUT2D eigenvalue weighted by atomic mass is 35.5. The summed E-state index contributed by atoms with van der Waals surface area (Å²) in [6, 6.07) is 11.9. The first-order valence-corrected chi connectivity index (χ1v) is 6.55. The predicted octanol–water partition coefficient (Wildman–Crippen LogP) is 3.37. The van der Waals surface area contributed by atoms with Crippen LogP contribution in [0.1, 0.15) is 11.4 Å².